The van der Waals surface area contributed by atoms with E-state index in [1.807, 2.05) is 44.2 Å². The average Bonchev–Trinajstić information content (AvgIpc) is 2.38. The van der Waals surface area contributed by atoms with E-state index < -0.39 is 10.0 Å². The minimum absolute atomic E-state index is 0.0561. The number of hydrogen-bond donors (Lipinski definition) is 1. The number of carbonyl (C=O) groups is 1. The van der Waals surface area contributed by atoms with Crippen LogP contribution in [0.2, 0.25) is 0 Å². The van der Waals surface area contributed by atoms with Crippen LogP contribution in [-0.2, 0) is 21.4 Å². The molecule has 0 saturated heterocycles. The summed E-state index contributed by atoms with van der Waals surface area (Å²) in [5.74, 6) is -0.266. The summed E-state index contributed by atoms with van der Waals surface area (Å²) in [5, 5.41) is 2.82. The Labute approximate surface area is 127 Å². The van der Waals surface area contributed by atoms with Gasteiger partial charge in [0, 0.05) is 12.6 Å². The molecule has 1 N–H and O–H groups in total. The maximum absolute atomic E-state index is 12.0. The molecule has 0 aliphatic rings. The second kappa shape index (κ2) is 8.14. The fraction of sp³-hybridized carbons (Fsp3) is 0.533. The van der Waals surface area contributed by atoms with Crippen molar-refractivity contribution in [3.8, 4) is 0 Å². The highest BCUT2D eigenvalue weighted by Crippen LogP contribution is 2.08. The zero-order valence-electron chi connectivity index (χ0n) is 12.9. The van der Waals surface area contributed by atoms with Crippen molar-refractivity contribution < 1.29 is 13.2 Å². The van der Waals surface area contributed by atoms with Gasteiger partial charge >= 0.3 is 0 Å². The van der Waals surface area contributed by atoms with Crippen LogP contribution in [0.4, 0.5) is 0 Å². The molecule has 0 fully saturated rings. The first kappa shape index (κ1) is 17.7. The molecule has 118 valence electrons. The predicted octanol–water partition coefficient (Wildman–Crippen LogP) is 1.75. The largest absolute Gasteiger partial charge is 0.353 e. The number of benzene rings is 1. The number of amides is 1. The highest BCUT2D eigenvalue weighted by molar-refractivity contribution is 7.88. The Bertz CT molecular complexity index is 543. The van der Waals surface area contributed by atoms with Gasteiger partial charge in [0.15, 0.2) is 0 Å². The summed E-state index contributed by atoms with van der Waals surface area (Å²) in [5.41, 5.74) is 0.859. The molecule has 6 heteroatoms. The molecule has 0 spiro atoms. The van der Waals surface area contributed by atoms with Gasteiger partial charge < -0.3 is 5.32 Å². The number of sulfonamides is 1. The van der Waals surface area contributed by atoms with E-state index in [4.69, 9.17) is 0 Å². The topological polar surface area (TPSA) is 66.5 Å². The van der Waals surface area contributed by atoms with E-state index in [9.17, 15) is 13.2 Å². The number of carbonyl (C=O) groups excluding carboxylic acids is 1. The Kier molecular flexibility index (Phi) is 6.84. The predicted molar refractivity (Wildman–Crippen MR) is 84.2 cm³/mol. The van der Waals surface area contributed by atoms with Gasteiger partial charge in [-0.25, -0.2) is 8.42 Å². The van der Waals surface area contributed by atoms with E-state index in [-0.39, 0.29) is 25.0 Å². The molecule has 0 bridgehead atoms. The number of nitrogens with zero attached hydrogens (tertiary/aromatic N) is 1. The Morgan fingerprint density at radius 2 is 1.90 bits per heavy atom. The SMILES string of the molecule is CCC[C@H](C)NC(=O)CN(Cc1ccccc1)S(C)(=O)=O. The maximum Gasteiger partial charge on any atom is 0.235 e. The van der Waals surface area contributed by atoms with E-state index in [0.717, 1.165) is 24.7 Å². The molecule has 0 aromatic heterocycles. The zero-order chi connectivity index (χ0) is 15.9. The van der Waals surface area contributed by atoms with Crippen LogP contribution in [0.1, 0.15) is 32.3 Å². The maximum atomic E-state index is 12.0. The van der Waals surface area contributed by atoms with E-state index in [0.29, 0.717) is 0 Å². The van der Waals surface area contributed by atoms with Crippen LogP contribution in [0, 0.1) is 0 Å². The van der Waals surface area contributed by atoms with Crippen LogP contribution >= 0.6 is 0 Å². The number of hydrogen-bond acceptors (Lipinski definition) is 3. The monoisotopic (exact) mass is 312 g/mol. The number of nitrogens with one attached hydrogen (secondary N) is 1. The van der Waals surface area contributed by atoms with Crippen LogP contribution in [-0.4, -0.2) is 37.5 Å². The van der Waals surface area contributed by atoms with Crippen molar-refractivity contribution in [1.29, 1.82) is 0 Å². The standard InChI is InChI=1S/C15H24N2O3S/c1-4-8-13(2)16-15(18)12-17(21(3,19)20)11-14-9-6-5-7-10-14/h5-7,9-10,13H,4,8,11-12H2,1-3H3,(H,16,18)/t13-/m0/s1. The van der Waals surface area contributed by atoms with Gasteiger partial charge in [0.05, 0.1) is 12.8 Å². The summed E-state index contributed by atoms with van der Waals surface area (Å²) in [7, 11) is -3.43. The van der Waals surface area contributed by atoms with Gasteiger partial charge in [0.25, 0.3) is 0 Å². The molecule has 0 heterocycles. The van der Waals surface area contributed by atoms with Gasteiger partial charge in [0.2, 0.25) is 15.9 Å². The second-order valence-electron chi connectivity index (χ2n) is 5.27. The summed E-state index contributed by atoms with van der Waals surface area (Å²) in [4.78, 5) is 12.0. The third-order valence-electron chi connectivity index (χ3n) is 3.12. The second-order valence-corrected chi connectivity index (χ2v) is 7.26. The first-order chi connectivity index (χ1) is 9.82. The molecular formula is C15H24N2O3S. The van der Waals surface area contributed by atoms with E-state index in [1.165, 1.54) is 4.31 Å². The Morgan fingerprint density at radius 1 is 1.29 bits per heavy atom. The fourth-order valence-corrected chi connectivity index (χ4v) is 2.80. The van der Waals surface area contributed by atoms with Crippen molar-refractivity contribution >= 4 is 15.9 Å². The van der Waals surface area contributed by atoms with Gasteiger partial charge in [-0.1, -0.05) is 43.7 Å². The van der Waals surface area contributed by atoms with E-state index in [1.54, 1.807) is 0 Å². The molecule has 1 amide bonds. The van der Waals surface area contributed by atoms with Gasteiger partial charge in [0.1, 0.15) is 0 Å². The molecule has 5 nitrogen and oxygen atoms in total. The Balaban J connectivity index is 2.69. The minimum atomic E-state index is -3.43. The normalized spacial score (nSPS) is 13.1. The van der Waals surface area contributed by atoms with Crippen LogP contribution in [0.3, 0.4) is 0 Å². The first-order valence-corrected chi connectivity index (χ1v) is 8.96. The molecule has 1 atom stereocenters. The summed E-state index contributed by atoms with van der Waals surface area (Å²) in [6.07, 6.45) is 2.98. The highest BCUT2D eigenvalue weighted by Gasteiger charge is 2.21. The quantitative estimate of drug-likeness (QED) is 0.795. The van der Waals surface area contributed by atoms with Crippen LogP contribution in [0.5, 0.6) is 0 Å². The molecule has 21 heavy (non-hydrogen) atoms. The highest BCUT2D eigenvalue weighted by atomic mass is 32.2. The third kappa shape index (κ3) is 6.73. The van der Waals surface area contributed by atoms with Crippen LogP contribution in [0.25, 0.3) is 0 Å². The van der Waals surface area contributed by atoms with Crippen molar-refractivity contribution in [2.75, 3.05) is 12.8 Å². The van der Waals surface area contributed by atoms with Crippen molar-refractivity contribution in [2.45, 2.75) is 39.3 Å². The average molecular weight is 312 g/mol. The van der Waals surface area contributed by atoms with Crippen molar-refractivity contribution in [1.82, 2.24) is 9.62 Å². The lowest BCUT2D eigenvalue weighted by Crippen LogP contribution is -2.42. The molecule has 1 rings (SSSR count). The lowest BCUT2D eigenvalue weighted by molar-refractivity contribution is -0.122. The molecule has 1 aromatic rings. The fourth-order valence-electron chi connectivity index (χ4n) is 2.06. The van der Waals surface area contributed by atoms with Crippen molar-refractivity contribution in [3.05, 3.63) is 35.9 Å². The molecule has 0 aliphatic heterocycles. The summed E-state index contributed by atoms with van der Waals surface area (Å²) < 4.78 is 24.8. The molecule has 0 saturated carbocycles. The summed E-state index contributed by atoms with van der Waals surface area (Å²) in [6.45, 7) is 4.02. The minimum Gasteiger partial charge on any atom is -0.353 e. The first-order valence-electron chi connectivity index (χ1n) is 7.11. The lowest BCUT2D eigenvalue weighted by atomic mass is 10.2. The van der Waals surface area contributed by atoms with Crippen molar-refractivity contribution in [3.63, 3.8) is 0 Å². The molecule has 0 aliphatic carbocycles. The molecule has 0 radical (unpaired) electrons. The molecule has 0 unspecified atom stereocenters. The van der Waals surface area contributed by atoms with Crippen LogP contribution in [0.15, 0.2) is 30.3 Å². The van der Waals surface area contributed by atoms with Crippen LogP contribution < -0.4 is 5.32 Å². The molecule has 1 aromatic carbocycles. The lowest BCUT2D eigenvalue weighted by Gasteiger charge is -2.21. The van der Waals surface area contributed by atoms with Crippen molar-refractivity contribution in [2.24, 2.45) is 0 Å². The smallest absolute Gasteiger partial charge is 0.235 e. The summed E-state index contributed by atoms with van der Waals surface area (Å²) >= 11 is 0. The van der Waals surface area contributed by atoms with E-state index >= 15 is 0 Å². The molecular weight excluding hydrogens is 288 g/mol. The van der Waals surface area contributed by atoms with Gasteiger partial charge in [-0.2, -0.15) is 4.31 Å². The summed E-state index contributed by atoms with van der Waals surface area (Å²) in [6, 6.07) is 9.30. The zero-order valence-corrected chi connectivity index (χ0v) is 13.7. The van der Waals surface area contributed by atoms with Gasteiger partial charge in [-0.05, 0) is 18.9 Å². The van der Waals surface area contributed by atoms with E-state index in [2.05, 4.69) is 5.32 Å². The Morgan fingerprint density at radius 3 is 2.43 bits per heavy atom. The van der Waals surface area contributed by atoms with Gasteiger partial charge in [-0.3, -0.25) is 4.79 Å². The Hall–Kier alpha value is -1.40. The third-order valence-corrected chi connectivity index (χ3v) is 4.32. The number of rotatable bonds is 8. The van der Waals surface area contributed by atoms with Gasteiger partial charge in [-0.15, -0.1) is 0 Å².